The van der Waals surface area contributed by atoms with Gasteiger partial charge in [0.05, 0.1) is 24.0 Å². The zero-order valence-electron chi connectivity index (χ0n) is 16.6. The molecular formula is C18H25N3O6S2. The van der Waals surface area contributed by atoms with Crippen molar-refractivity contribution < 1.29 is 27.2 Å². The van der Waals surface area contributed by atoms with Gasteiger partial charge in [-0.1, -0.05) is 12.1 Å². The number of aromatic nitrogens is 1. The summed E-state index contributed by atoms with van der Waals surface area (Å²) < 4.78 is 43.1. The maximum absolute atomic E-state index is 12.3. The Bertz CT molecular complexity index is 920. The Balaban J connectivity index is 2.18. The van der Waals surface area contributed by atoms with Crippen molar-refractivity contribution in [2.24, 2.45) is 0 Å². The summed E-state index contributed by atoms with van der Waals surface area (Å²) in [5, 5.41) is 5.47. The van der Waals surface area contributed by atoms with Crippen molar-refractivity contribution in [1.29, 1.82) is 0 Å². The Kier molecular flexibility index (Phi) is 7.58. The van der Waals surface area contributed by atoms with E-state index in [9.17, 15) is 13.2 Å². The number of carbonyl (C=O) groups excluding carboxylic acids is 1. The van der Waals surface area contributed by atoms with Crippen molar-refractivity contribution in [2.45, 2.75) is 45.4 Å². The quantitative estimate of drug-likeness (QED) is 0.534. The van der Waals surface area contributed by atoms with Crippen LogP contribution in [0.25, 0.3) is 0 Å². The number of hydrogen-bond donors (Lipinski definition) is 3. The van der Waals surface area contributed by atoms with Crippen molar-refractivity contribution in [1.82, 2.24) is 10.3 Å². The van der Waals surface area contributed by atoms with E-state index in [0.717, 1.165) is 10.6 Å². The van der Waals surface area contributed by atoms with Gasteiger partial charge in [0.1, 0.15) is 10.6 Å². The summed E-state index contributed by atoms with van der Waals surface area (Å²) in [6.45, 7) is 5.71. The molecule has 0 unspecified atom stereocenters. The minimum Gasteiger partial charge on any atom is -0.444 e. The fourth-order valence-corrected chi connectivity index (χ4v) is 3.70. The SMILES string of the molecule is COCc1nc([C@H](Cc2ccc(NS(=O)(=O)O)cc2)NC(=O)OC(C)(C)C)cs1. The van der Waals surface area contributed by atoms with E-state index in [2.05, 4.69) is 10.3 Å². The Morgan fingerprint density at radius 1 is 1.28 bits per heavy atom. The summed E-state index contributed by atoms with van der Waals surface area (Å²) in [7, 11) is -2.75. The number of thiazole rings is 1. The van der Waals surface area contributed by atoms with Crippen LogP contribution in [0.3, 0.4) is 0 Å². The van der Waals surface area contributed by atoms with Crippen LogP contribution in [0.5, 0.6) is 0 Å². The van der Waals surface area contributed by atoms with Crippen LogP contribution in [0, 0.1) is 0 Å². The lowest BCUT2D eigenvalue weighted by Crippen LogP contribution is -2.36. The van der Waals surface area contributed by atoms with Crippen LogP contribution in [0.2, 0.25) is 0 Å². The Morgan fingerprint density at radius 3 is 2.48 bits per heavy atom. The zero-order chi connectivity index (χ0) is 21.7. The molecule has 1 atom stereocenters. The highest BCUT2D eigenvalue weighted by atomic mass is 32.2. The van der Waals surface area contributed by atoms with Crippen LogP contribution in [-0.4, -0.2) is 36.8 Å². The number of benzene rings is 1. The van der Waals surface area contributed by atoms with Crippen molar-refractivity contribution >= 4 is 33.4 Å². The molecule has 0 saturated heterocycles. The van der Waals surface area contributed by atoms with Gasteiger partial charge in [0.25, 0.3) is 0 Å². The van der Waals surface area contributed by atoms with E-state index in [1.165, 1.54) is 23.5 Å². The second kappa shape index (κ2) is 9.53. The summed E-state index contributed by atoms with van der Waals surface area (Å²) in [6, 6.07) is 5.97. The average Bonchev–Trinajstić information content (AvgIpc) is 3.02. The van der Waals surface area contributed by atoms with Gasteiger partial charge in [0.15, 0.2) is 0 Å². The molecule has 29 heavy (non-hydrogen) atoms. The van der Waals surface area contributed by atoms with Gasteiger partial charge in [-0.15, -0.1) is 11.3 Å². The first-order valence-corrected chi connectivity index (χ1v) is 11.0. The Morgan fingerprint density at radius 2 is 1.93 bits per heavy atom. The number of rotatable bonds is 8. The third-order valence-electron chi connectivity index (χ3n) is 3.53. The molecule has 1 amide bonds. The summed E-state index contributed by atoms with van der Waals surface area (Å²) in [6.07, 6.45) is -0.157. The number of nitrogens with zero attached hydrogens (tertiary/aromatic N) is 1. The Labute approximate surface area is 174 Å². The lowest BCUT2D eigenvalue weighted by molar-refractivity contribution is 0.0502. The van der Waals surface area contributed by atoms with Gasteiger partial charge >= 0.3 is 16.4 Å². The third-order valence-corrected chi connectivity index (χ3v) is 4.86. The molecular weight excluding hydrogens is 418 g/mol. The zero-order valence-corrected chi connectivity index (χ0v) is 18.3. The van der Waals surface area contributed by atoms with E-state index in [1.54, 1.807) is 40.0 Å². The number of hydrogen-bond acceptors (Lipinski definition) is 7. The van der Waals surface area contributed by atoms with Crippen LogP contribution in [-0.2, 0) is 32.8 Å². The first-order chi connectivity index (χ1) is 13.4. The molecule has 160 valence electrons. The molecule has 0 aliphatic heterocycles. The molecule has 0 saturated carbocycles. The van der Waals surface area contributed by atoms with Gasteiger partial charge in [-0.3, -0.25) is 9.27 Å². The van der Waals surface area contributed by atoms with Crippen molar-refractivity contribution in [3.05, 3.63) is 45.9 Å². The van der Waals surface area contributed by atoms with Crippen molar-refractivity contribution in [2.75, 3.05) is 11.8 Å². The molecule has 0 fully saturated rings. The van der Waals surface area contributed by atoms with E-state index >= 15 is 0 Å². The second-order valence-corrected chi connectivity index (χ2v) is 9.37. The highest BCUT2D eigenvalue weighted by Gasteiger charge is 2.23. The van der Waals surface area contributed by atoms with Gasteiger partial charge in [0, 0.05) is 12.5 Å². The topological polar surface area (TPSA) is 127 Å². The molecule has 2 rings (SSSR count). The van der Waals surface area contributed by atoms with E-state index in [-0.39, 0.29) is 5.69 Å². The van der Waals surface area contributed by atoms with Gasteiger partial charge < -0.3 is 14.8 Å². The fraction of sp³-hybridized carbons (Fsp3) is 0.444. The molecule has 1 heterocycles. The molecule has 0 bridgehead atoms. The largest absolute Gasteiger partial charge is 0.444 e. The smallest absolute Gasteiger partial charge is 0.408 e. The van der Waals surface area contributed by atoms with E-state index in [1.807, 2.05) is 10.1 Å². The van der Waals surface area contributed by atoms with Crippen LogP contribution in [0.15, 0.2) is 29.6 Å². The summed E-state index contributed by atoms with van der Waals surface area (Å²) in [5.74, 6) is 0. The monoisotopic (exact) mass is 443 g/mol. The molecule has 11 heteroatoms. The van der Waals surface area contributed by atoms with Crippen molar-refractivity contribution in [3.63, 3.8) is 0 Å². The molecule has 0 radical (unpaired) electrons. The number of anilines is 1. The minimum absolute atomic E-state index is 0.226. The molecule has 1 aromatic heterocycles. The molecule has 0 aliphatic rings. The molecule has 2 aromatic rings. The Hall–Kier alpha value is -2.21. The normalized spacial score (nSPS) is 13.0. The lowest BCUT2D eigenvalue weighted by Gasteiger charge is -2.23. The lowest BCUT2D eigenvalue weighted by atomic mass is 10.0. The highest BCUT2D eigenvalue weighted by Crippen LogP contribution is 2.23. The first kappa shape index (κ1) is 23.1. The van der Waals surface area contributed by atoms with Crippen LogP contribution in [0.1, 0.15) is 43.1 Å². The predicted octanol–water partition coefficient (Wildman–Crippen LogP) is 3.31. The van der Waals surface area contributed by atoms with Crippen LogP contribution in [0.4, 0.5) is 10.5 Å². The molecule has 3 N–H and O–H groups in total. The number of nitrogens with one attached hydrogen (secondary N) is 2. The van der Waals surface area contributed by atoms with Crippen molar-refractivity contribution in [3.8, 4) is 0 Å². The number of carbonyl (C=O) groups is 1. The molecule has 0 aliphatic carbocycles. The van der Waals surface area contributed by atoms with Crippen LogP contribution < -0.4 is 10.0 Å². The molecule has 0 spiro atoms. The van der Waals surface area contributed by atoms with Gasteiger partial charge in [-0.25, -0.2) is 9.78 Å². The van der Waals surface area contributed by atoms with E-state index < -0.39 is 28.0 Å². The number of methoxy groups -OCH3 is 1. The van der Waals surface area contributed by atoms with Gasteiger partial charge in [0.2, 0.25) is 0 Å². The fourth-order valence-electron chi connectivity index (χ4n) is 2.45. The molecule has 9 nitrogen and oxygen atoms in total. The number of amides is 1. The highest BCUT2D eigenvalue weighted by molar-refractivity contribution is 7.87. The summed E-state index contributed by atoms with van der Waals surface area (Å²) in [5.41, 5.74) is 1.09. The average molecular weight is 444 g/mol. The predicted molar refractivity (Wildman–Crippen MR) is 110 cm³/mol. The number of ether oxygens (including phenoxy) is 2. The minimum atomic E-state index is -4.34. The maximum atomic E-state index is 12.3. The summed E-state index contributed by atoms with van der Waals surface area (Å²) in [4.78, 5) is 16.8. The van der Waals surface area contributed by atoms with E-state index in [0.29, 0.717) is 18.7 Å². The summed E-state index contributed by atoms with van der Waals surface area (Å²) >= 11 is 1.43. The standard InChI is InChI=1S/C18H25N3O6S2/c1-18(2,3)27-17(22)20-14(15-11-28-16(19-15)10-26-4)9-12-5-7-13(8-6-12)21-29(23,24)25/h5-8,11,14,21H,9-10H2,1-4H3,(H,20,22)(H,23,24,25)/t14-/m0/s1. The third kappa shape index (κ3) is 8.36. The molecule has 1 aromatic carbocycles. The van der Waals surface area contributed by atoms with E-state index in [4.69, 9.17) is 14.0 Å². The second-order valence-electron chi connectivity index (χ2n) is 7.28. The van der Waals surface area contributed by atoms with Crippen LogP contribution >= 0.6 is 11.3 Å². The first-order valence-electron chi connectivity index (χ1n) is 8.72. The maximum Gasteiger partial charge on any atom is 0.408 e. The van der Waals surface area contributed by atoms with Gasteiger partial charge in [-0.2, -0.15) is 8.42 Å². The van der Waals surface area contributed by atoms with Gasteiger partial charge in [-0.05, 0) is 44.9 Å². The number of alkyl carbamates (subject to hydrolysis) is 1.